The number of carbonyl (C=O) groups is 1. The number of piperidine rings is 1. The lowest BCUT2D eigenvalue weighted by Crippen LogP contribution is -2.37. The number of amides is 1. The van der Waals surface area contributed by atoms with Crippen molar-refractivity contribution in [2.24, 2.45) is 0 Å². The Morgan fingerprint density at radius 2 is 1.94 bits per heavy atom. The minimum absolute atomic E-state index is 0.0140. The standard InChI is InChI=1S/C25H25ClFN3OS/c1-15-11-18(26)5-8-23(15)29-24-16(2)25(32)28-12-21(24)22-13-30(14-31)10-9-20(22)17-3-6-19(27)7-4-17/h3-8,11-12,14,20,22H,9-10,13H2,1-2H3,(H2,28,29,32). The molecule has 1 saturated heterocycles. The highest BCUT2D eigenvalue weighted by atomic mass is 35.5. The van der Waals surface area contributed by atoms with Crippen LogP contribution in [0, 0.1) is 24.3 Å². The molecule has 0 aliphatic carbocycles. The Bertz CT molecular complexity index is 1190. The van der Waals surface area contributed by atoms with E-state index in [1.165, 1.54) is 12.1 Å². The molecule has 32 heavy (non-hydrogen) atoms. The summed E-state index contributed by atoms with van der Waals surface area (Å²) in [6, 6.07) is 12.4. The van der Waals surface area contributed by atoms with Gasteiger partial charge < -0.3 is 15.2 Å². The average molecular weight is 470 g/mol. The molecule has 166 valence electrons. The zero-order valence-electron chi connectivity index (χ0n) is 18.0. The molecule has 2 N–H and O–H groups in total. The van der Waals surface area contributed by atoms with E-state index in [1.54, 1.807) is 4.90 Å². The predicted molar refractivity (Wildman–Crippen MR) is 130 cm³/mol. The first-order chi connectivity index (χ1) is 15.4. The SMILES string of the molecule is Cc1cc(Cl)ccc1Nc1c(C2CN(C=O)CCC2c2ccc(F)cc2)c[nH]c(=S)c1C. The summed E-state index contributed by atoms with van der Waals surface area (Å²) < 4.78 is 14.2. The van der Waals surface area contributed by atoms with Gasteiger partial charge in [-0.25, -0.2) is 4.39 Å². The Kier molecular flexibility index (Phi) is 6.63. The molecule has 0 spiro atoms. The number of H-pyrrole nitrogens is 1. The van der Waals surface area contributed by atoms with Crippen molar-refractivity contribution < 1.29 is 9.18 Å². The van der Waals surface area contributed by atoms with Gasteiger partial charge in [0.15, 0.2) is 0 Å². The zero-order valence-corrected chi connectivity index (χ0v) is 19.6. The largest absolute Gasteiger partial charge is 0.355 e. The van der Waals surface area contributed by atoms with E-state index >= 15 is 0 Å². The number of hydrogen-bond donors (Lipinski definition) is 2. The number of carbonyl (C=O) groups excluding carboxylic acids is 1. The fourth-order valence-electron chi connectivity index (χ4n) is 4.51. The molecule has 0 bridgehead atoms. The van der Waals surface area contributed by atoms with E-state index in [2.05, 4.69) is 10.3 Å². The van der Waals surface area contributed by atoms with Crippen LogP contribution in [0.1, 0.15) is 40.5 Å². The van der Waals surface area contributed by atoms with Crippen molar-refractivity contribution >= 4 is 41.6 Å². The Labute approximate surface area is 197 Å². The summed E-state index contributed by atoms with van der Waals surface area (Å²) in [4.78, 5) is 16.6. The van der Waals surface area contributed by atoms with Gasteiger partial charge >= 0.3 is 0 Å². The lowest BCUT2D eigenvalue weighted by molar-refractivity contribution is -0.119. The van der Waals surface area contributed by atoms with Gasteiger partial charge in [0, 0.05) is 47.2 Å². The first-order valence-electron chi connectivity index (χ1n) is 10.6. The number of benzene rings is 2. The maximum atomic E-state index is 13.6. The summed E-state index contributed by atoms with van der Waals surface area (Å²) in [5.41, 5.74) is 5.95. The van der Waals surface area contributed by atoms with E-state index in [-0.39, 0.29) is 17.7 Å². The quantitative estimate of drug-likeness (QED) is 0.326. The van der Waals surface area contributed by atoms with E-state index in [4.69, 9.17) is 23.8 Å². The molecule has 4 nitrogen and oxygen atoms in total. The molecule has 1 aromatic heterocycles. The van der Waals surface area contributed by atoms with Gasteiger partial charge in [0.1, 0.15) is 10.5 Å². The summed E-state index contributed by atoms with van der Waals surface area (Å²) in [6.45, 7) is 5.23. The molecular weight excluding hydrogens is 445 g/mol. The molecule has 2 heterocycles. The van der Waals surface area contributed by atoms with Crippen molar-refractivity contribution in [2.45, 2.75) is 32.1 Å². The van der Waals surface area contributed by atoms with Gasteiger partial charge in [-0.2, -0.15) is 0 Å². The third-order valence-corrected chi connectivity index (χ3v) is 6.96. The molecule has 2 aromatic carbocycles. The topological polar surface area (TPSA) is 48.1 Å². The van der Waals surface area contributed by atoms with Crippen LogP contribution in [-0.4, -0.2) is 29.4 Å². The monoisotopic (exact) mass is 469 g/mol. The van der Waals surface area contributed by atoms with Gasteiger partial charge in [0.05, 0.1) is 0 Å². The van der Waals surface area contributed by atoms with Crippen LogP contribution in [0.2, 0.25) is 5.02 Å². The molecule has 2 atom stereocenters. The van der Waals surface area contributed by atoms with Gasteiger partial charge in [-0.1, -0.05) is 36.0 Å². The minimum atomic E-state index is -0.254. The lowest BCUT2D eigenvalue weighted by atomic mass is 9.76. The second kappa shape index (κ2) is 9.43. The number of halogens is 2. The molecule has 7 heteroatoms. The fraction of sp³-hybridized carbons (Fsp3) is 0.280. The van der Waals surface area contributed by atoms with Crippen LogP contribution in [0.5, 0.6) is 0 Å². The second-order valence-electron chi connectivity index (χ2n) is 8.31. The van der Waals surface area contributed by atoms with Crippen molar-refractivity contribution in [3.63, 3.8) is 0 Å². The molecule has 3 aromatic rings. The summed E-state index contributed by atoms with van der Waals surface area (Å²) in [5.74, 6) is -0.0988. The Balaban J connectivity index is 1.81. The number of hydrogen-bond acceptors (Lipinski definition) is 3. The van der Waals surface area contributed by atoms with E-state index in [1.807, 2.05) is 50.4 Å². The number of rotatable bonds is 5. The molecule has 2 unspecified atom stereocenters. The van der Waals surface area contributed by atoms with Gasteiger partial charge in [-0.05, 0) is 73.2 Å². The van der Waals surface area contributed by atoms with Gasteiger partial charge in [0.2, 0.25) is 6.41 Å². The highest BCUT2D eigenvalue weighted by Gasteiger charge is 2.33. The summed E-state index contributed by atoms with van der Waals surface area (Å²) in [7, 11) is 0. The average Bonchev–Trinajstić information content (AvgIpc) is 2.79. The van der Waals surface area contributed by atoms with E-state index in [0.717, 1.165) is 46.5 Å². The molecule has 0 radical (unpaired) electrons. The predicted octanol–water partition coefficient (Wildman–Crippen LogP) is 6.63. The number of pyridine rings is 1. The number of aromatic nitrogens is 1. The number of anilines is 2. The molecule has 4 rings (SSSR count). The molecule has 1 aliphatic rings. The molecular formula is C25H25ClFN3OS. The molecule has 1 aliphatic heterocycles. The maximum absolute atomic E-state index is 13.6. The van der Waals surface area contributed by atoms with Crippen LogP contribution in [0.25, 0.3) is 0 Å². The molecule has 1 amide bonds. The third kappa shape index (κ3) is 4.57. The normalized spacial score (nSPS) is 18.4. The first kappa shape index (κ1) is 22.5. The highest BCUT2D eigenvalue weighted by molar-refractivity contribution is 7.71. The van der Waals surface area contributed by atoms with Crippen molar-refractivity contribution in [1.82, 2.24) is 9.88 Å². The number of nitrogens with one attached hydrogen (secondary N) is 2. The van der Waals surface area contributed by atoms with E-state index < -0.39 is 0 Å². The van der Waals surface area contributed by atoms with Crippen molar-refractivity contribution in [1.29, 1.82) is 0 Å². The number of aryl methyl sites for hydroxylation is 1. The van der Waals surface area contributed by atoms with Crippen LogP contribution in [0.3, 0.4) is 0 Å². The second-order valence-corrected chi connectivity index (χ2v) is 9.16. The van der Waals surface area contributed by atoms with Crippen LogP contribution in [0.4, 0.5) is 15.8 Å². The Morgan fingerprint density at radius 1 is 1.19 bits per heavy atom. The van der Waals surface area contributed by atoms with Crippen molar-refractivity contribution in [2.75, 3.05) is 18.4 Å². The minimum Gasteiger partial charge on any atom is -0.355 e. The van der Waals surface area contributed by atoms with Gasteiger partial charge in [-0.3, -0.25) is 4.79 Å². The Morgan fingerprint density at radius 3 is 2.62 bits per heavy atom. The van der Waals surface area contributed by atoms with Crippen LogP contribution in [0.15, 0.2) is 48.7 Å². The van der Waals surface area contributed by atoms with Crippen molar-refractivity contribution in [3.8, 4) is 0 Å². The smallest absolute Gasteiger partial charge is 0.209 e. The number of aromatic amines is 1. The van der Waals surface area contributed by atoms with Crippen LogP contribution < -0.4 is 5.32 Å². The molecule has 1 fully saturated rings. The van der Waals surface area contributed by atoms with Crippen LogP contribution in [-0.2, 0) is 4.79 Å². The van der Waals surface area contributed by atoms with E-state index in [9.17, 15) is 9.18 Å². The van der Waals surface area contributed by atoms with Crippen LogP contribution >= 0.6 is 23.8 Å². The number of nitrogens with zero attached hydrogens (tertiary/aromatic N) is 1. The zero-order chi connectivity index (χ0) is 22.8. The molecule has 0 saturated carbocycles. The van der Waals surface area contributed by atoms with Gasteiger partial charge in [-0.15, -0.1) is 0 Å². The Hall–Kier alpha value is -2.70. The van der Waals surface area contributed by atoms with Crippen molar-refractivity contribution in [3.05, 3.63) is 86.4 Å². The summed E-state index contributed by atoms with van der Waals surface area (Å²) in [6.07, 6.45) is 3.64. The van der Waals surface area contributed by atoms with Gasteiger partial charge in [0.25, 0.3) is 0 Å². The lowest BCUT2D eigenvalue weighted by Gasteiger charge is -2.38. The third-order valence-electron chi connectivity index (χ3n) is 6.30. The summed E-state index contributed by atoms with van der Waals surface area (Å²) in [5, 5.41) is 4.26. The van der Waals surface area contributed by atoms with E-state index in [0.29, 0.717) is 22.8 Å². The maximum Gasteiger partial charge on any atom is 0.209 e. The highest BCUT2D eigenvalue weighted by Crippen LogP contribution is 2.43. The fourth-order valence-corrected chi connectivity index (χ4v) is 4.90. The number of likely N-dealkylation sites (tertiary alicyclic amines) is 1. The summed E-state index contributed by atoms with van der Waals surface area (Å²) >= 11 is 11.7. The first-order valence-corrected chi connectivity index (χ1v) is 11.4.